The van der Waals surface area contributed by atoms with Crippen molar-refractivity contribution in [3.8, 4) is 0 Å². The van der Waals surface area contributed by atoms with Gasteiger partial charge in [0, 0.05) is 7.05 Å². The lowest BCUT2D eigenvalue weighted by Crippen LogP contribution is -2.23. The van der Waals surface area contributed by atoms with Crippen molar-refractivity contribution in [3.63, 3.8) is 0 Å². The van der Waals surface area contributed by atoms with Crippen molar-refractivity contribution in [3.05, 3.63) is 47.9 Å². The number of hydrogen-bond donors (Lipinski definition) is 1. The largest absolute Gasteiger partial charge is 0.394 e. The summed E-state index contributed by atoms with van der Waals surface area (Å²) in [6.45, 7) is 0.484. The molecule has 6 nitrogen and oxygen atoms in total. The van der Waals surface area contributed by atoms with Crippen LogP contribution in [0, 0.1) is 0 Å². The molecule has 2 aromatic heterocycles. The first-order chi connectivity index (χ1) is 11.3. The van der Waals surface area contributed by atoms with Crippen molar-refractivity contribution in [1.82, 2.24) is 19.7 Å². The molecule has 23 heavy (non-hydrogen) atoms. The minimum atomic E-state index is 0.0436. The predicted molar refractivity (Wildman–Crippen MR) is 88.3 cm³/mol. The summed E-state index contributed by atoms with van der Waals surface area (Å²) in [5.41, 5.74) is 3.57. The van der Waals surface area contributed by atoms with E-state index in [2.05, 4.69) is 51.3 Å². The molecular weight excluding hydrogens is 290 g/mol. The standard InChI is InChI=1S/C17H19N5O/c1-21(15-7-6-12-4-2-3-5-13(12)15)16-14-10-20-22(8-9-23)17(14)19-11-18-16/h2-5,10-11,15,23H,6-9H2,1H3. The summed E-state index contributed by atoms with van der Waals surface area (Å²) >= 11 is 0. The molecule has 0 saturated carbocycles. The first-order valence-corrected chi connectivity index (χ1v) is 7.87. The van der Waals surface area contributed by atoms with Gasteiger partial charge in [0.1, 0.15) is 12.1 Å². The Morgan fingerprint density at radius 3 is 3.04 bits per heavy atom. The Morgan fingerprint density at radius 2 is 2.17 bits per heavy atom. The van der Waals surface area contributed by atoms with Crippen molar-refractivity contribution in [2.45, 2.75) is 25.4 Å². The van der Waals surface area contributed by atoms with Gasteiger partial charge in [-0.3, -0.25) is 0 Å². The highest BCUT2D eigenvalue weighted by molar-refractivity contribution is 5.86. The quantitative estimate of drug-likeness (QED) is 0.798. The molecule has 1 unspecified atom stereocenters. The van der Waals surface area contributed by atoms with Gasteiger partial charge < -0.3 is 10.0 Å². The molecule has 118 valence electrons. The molecule has 0 fully saturated rings. The summed E-state index contributed by atoms with van der Waals surface area (Å²) in [5.74, 6) is 0.890. The second-order valence-corrected chi connectivity index (χ2v) is 5.89. The maximum Gasteiger partial charge on any atom is 0.163 e. The zero-order valence-corrected chi connectivity index (χ0v) is 13.1. The SMILES string of the molecule is CN(c1ncnc2c1cnn2CCO)C1CCc2ccccc21. The Morgan fingerprint density at radius 1 is 1.30 bits per heavy atom. The Balaban J connectivity index is 1.75. The van der Waals surface area contributed by atoms with Crippen LogP contribution in [0.25, 0.3) is 11.0 Å². The van der Waals surface area contributed by atoms with Crippen molar-refractivity contribution in [2.75, 3.05) is 18.6 Å². The first kappa shape index (κ1) is 14.1. The minimum absolute atomic E-state index is 0.0436. The van der Waals surface area contributed by atoms with Gasteiger partial charge in [-0.1, -0.05) is 24.3 Å². The molecule has 0 spiro atoms. The third kappa shape index (κ3) is 2.26. The van der Waals surface area contributed by atoms with Crippen molar-refractivity contribution >= 4 is 16.9 Å². The Bertz CT molecular complexity index is 844. The number of fused-ring (bicyclic) bond motifs is 2. The van der Waals surface area contributed by atoms with Crippen LogP contribution in [0.4, 0.5) is 5.82 Å². The molecule has 2 heterocycles. The summed E-state index contributed by atoms with van der Waals surface area (Å²) < 4.78 is 1.72. The van der Waals surface area contributed by atoms with Crippen LogP contribution in [0.2, 0.25) is 0 Å². The fourth-order valence-electron chi connectivity index (χ4n) is 3.50. The number of anilines is 1. The average Bonchev–Trinajstić information content (AvgIpc) is 3.19. The second-order valence-electron chi connectivity index (χ2n) is 5.89. The van der Waals surface area contributed by atoms with Crippen LogP contribution in [0.15, 0.2) is 36.8 Å². The number of aliphatic hydroxyl groups is 1. The van der Waals surface area contributed by atoms with Gasteiger partial charge >= 0.3 is 0 Å². The topological polar surface area (TPSA) is 67.1 Å². The maximum absolute atomic E-state index is 9.14. The van der Waals surface area contributed by atoms with Gasteiger partial charge in [0.05, 0.1) is 30.8 Å². The highest BCUT2D eigenvalue weighted by atomic mass is 16.3. The van der Waals surface area contributed by atoms with E-state index < -0.39 is 0 Å². The summed E-state index contributed by atoms with van der Waals surface area (Å²) in [5, 5.41) is 14.4. The summed E-state index contributed by atoms with van der Waals surface area (Å²) in [7, 11) is 2.08. The molecule has 1 aliphatic rings. The zero-order valence-electron chi connectivity index (χ0n) is 13.1. The molecule has 0 bridgehead atoms. The van der Waals surface area contributed by atoms with Crippen LogP contribution < -0.4 is 4.90 Å². The summed E-state index contributed by atoms with van der Waals surface area (Å²) in [6.07, 6.45) is 5.55. The molecule has 0 amide bonds. The molecule has 0 saturated heterocycles. The second kappa shape index (κ2) is 5.62. The number of aryl methyl sites for hydroxylation is 1. The van der Waals surface area contributed by atoms with E-state index in [0.29, 0.717) is 12.6 Å². The highest BCUT2D eigenvalue weighted by Gasteiger charge is 2.27. The van der Waals surface area contributed by atoms with Gasteiger partial charge in [-0.2, -0.15) is 5.10 Å². The Hall–Kier alpha value is -2.47. The maximum atomic E-state index is 9.14. The number of nitrogens with zero attached hydrogens (tertiary/aromatic N) is 5. The lowest BCUT2D eigenvalue weighted by atomic mass is 10.1. The Kier molecular flexibility index (Phi) is 3.46. The van der Waals surface area contributed by atoms with E-state index in [0.717, 1.165) is 29.7 Å². The van der Waals surface area contributed by atoms with E-state index in [4.69, 9.17) is 5.11 Å². The van der Waals surface area contributed by atoms with E-state index in [9.17, 15) is 0 Å². The van der Waals surface area contributed by atoms with Gasteiger partial charge in [0.15, 0.2) is 5.65 Å². The molecule has 6 heteroatoms. The fourth-order valence-corrected chi connectivity index (χ4v) is 3.50. The minimum Gasteiger partial charge on any atom is -0.394 e. The third-order valence-corrected chi connectivity index (χ3v) is 4.63. The fraction of sp³-hybridized carbons (Fsp3) is 0.353. The van der Waals surface area contributed by atoms with Crippen LogP contribution in [0.5, 0.6) is 0 Å². The van der Waals surface area contributed by atoms with E-state index in [1.54, 1.807) is 17.2 Å². The average molecular weight is 309 g/mol. The smallest absolute Gasteiger partial charge is 0.163 e. The predicted octanol–water partition coefficient (Wildman–Crippen LogP) is 1.94. The monoisotopic (exact) mass is 309 g/mol. The van der Waals surface area contributed by atoms with Gasteiger partial charge in [-0.05, 0) is 24.0 Å². The number of hydrogen-bond acceptors (Lipinski definition) is 5. The van der Waals surface area contributed by atoms with Crippen molar-refractivity contribution in [1.29, 1.82) is 0 Å². The molecule has 0 radical (unpaired) electrons. The molecule has 1 aromatic carbocycles. The van der Waals surface area contributed by atoms with Crippen LogP contribution >= 0.6 is 0 Å². The molecule has 3 aromatic rings. The van der Waals surface area contributed by atoms with Crippen LogP contribution in [0.3, 0.4) is 0 Å². The van der Waals surface area contributed by atoms with Crippen molar-refractivity contribution in [2.24, 2.45) is 0 Å². The number of aliphatic hydroxyl groups excluding tert-OH is 1. The molecular formula is C17H19N5O. The molecule has 0 aliphatic heterocycles. The molecule has 4 rings (SSSR count). The summed E-state index contributed by atoms with van der Waals surface area (Å²) in [6, 6.07) is 8.93. The lowest BCUT2D eigenvalue weighted by molar-refractivity contribution is 0.271. The van der Waals surface area contributed by atoms with Gasteiger partial charge in [-0.25, -0.2) is 14.6 Å². The van der Waals surface area contributed by atoms with E-state index in [1.165, 1.54) is 11.1 Å². The first-order valence-electron chi connectivity index (χ1n) is 7.87. The van der Waals surface area contributed by atoms with E-state index in [1.807, 2.05) is 0 Å². The van der Waals surface area contributed by atoms with Crippen LogP contribution in [-0.2, 0) is 13.0 Å². The number of aromatic nitrogens is 4. The van der Waals surface area contributed by atoms with Gasteiger partial charge in [0.25, 0.3) is 0 Å². The molecule has 1 aliphatic carbocycles. The summed E-state index contributed by atoms with van der Waals surface area (Å²) in [4.78, 5) is 11.0. The van der Waals surface area contributed by atoms with Gasteiger partial charge in [0.2, 0.25) is 0 Å². The van der Waals surface area contributed by atoms with Crippen LogP contribution in [-0.4, -0.2) is 38.5 Å². The lowest BCUT2D eigenvalue weighted by Gasteiger charge is -2.26. The highest BCUT2D eigenvalue weighted by Crippen LogP contribution is 2.38. The van der Waals surface area contributed by atoms with Gasteiger partial charge in [-0.15, -0.1) is 0 Å². The number of rotatable bonds is 4. The normalized spacial score (nSPS) is 16.7. The van der Waals surface area contributed by atoms with Crippen molar-refractivity contribution < 1.29 is 5.11 Å². The van der Waals surface area contributed by atoms with E-state index >= 15 is 0 Å². The Labute approximate surface area is 134 Å². The van der Waals surface area contributed by atoms with Crippen LogP contribution in [0.1, 0.15) is 23.6 Å². The third-order valence-electron chi connectivity index (χ3n) is 4.63. The zero-order chi connectivity index (χ0) is 15.8. The number of benzene rings is 1. The van der Waals surface area contributed by atoms with E-state index in [-0.39, 0.29) is 6.61 Å². The molecule has 1 N–H and O–H groups in total. The molecule has 1 atom stereocenters.